The van der Waals surface area contributed by atoms with E-state index in [1.165, 1.54) is 40.2 Å². The Labute approximate surface area is 242 Å². The number of carbonyl (C=O) groups is 2. The topological polar surface area (TPSA) is 92.5 Å². The summed E-state index contributed by atoms with van der Waals surface area (Å²) in [4.78, 5) is 39.0. The SMILES string of the molecule is Cc1ccc(C(C)C)c(N2C(=O)CS/C2=N\C(=O)Nc2ccc(-c3cn(-c4ccc(C(F)(F)F)cn4)cn3)cc2F)c1. The van der Waals surface area contributed by atoms with Gasteiger partial charge in [-0.15, -0.1) is 0 Å². The van der Waals surface area contributed by atoms with Crippen LogP contribution >= 0.6 is 11.8 Å². The zero-order valence-corrected chi connectivity index (χ0v) is 23.4. The third-order valence-corrected chi connectivity index (χ3v) is 7.36. The monoisotopic (exact) mass is 596 g/mol. The number of halogens is 4. The normalized spacial score (nSPS) is 14.7. The molecule has 5 rings (SSSR count). The van der Waals surface area contributed by atoms with E-state index in [9.17, 15) is 27.2 Å². The molecular formula is C29H24F4N6O2S. The minimum absolute atomic E-state index is 0.120. The third kappa shape index (κ3) is 6.05. The Bertz CT molecular complexity index is 1700. The summed E-state index contributed by atoms with van der Waals surface area (Å²) < 4.78 is 54.8. The molecule has 216 valence electrons. The molecule has 0 saturated carbocycles. The highest BCUT2D eigenvalue weighted by atomic mass is 32.2. The molecule has 1 aliphatic rings. The number of benzene rings is 2. The maximum absolute atomic E-state index is 15.0. The van der Waals surface area contributed by atoms with Gasteiger partial charge in [-0.2, -0.15) is 18.2 Å². The number of pyridine rings is 1. The minimum Gasteiger partial charge on any atom is -0.303 e. The second-order valence-electron chi connectivity index (χ2n) is 9.82. The Hall–Kier alpha value is -4.52. The quantitative estimate of drug-likeness (QED) is 0.246. The first kappa shape index (κ1) is 29.0. The van der Waals surface area contributed by atoms with Crippen LogP contribution in [0.4, 0.5) is 33.7 Å². The molecule has 1 fully saturated rings. The second kappa shape index (κ2) is 11.4. The number of aryl methyl sites for hydroxylation is 1. The largest absolute Gasteiger partial charge is 0.417 e. The van der Waals surface area contributed by atoms with Crippen LogP contribution in [0.25, 0.3) is 17.1 Å². The molecule has 0 atom stereocenters. The zero-order chi connectivity index (χ0) is 30.2. The Balaban J connectivity index is 1.33. The molecule has 0 bridgehead atoms. The lowest BCUT2D eigenvalue weighted by Gasteiger charge is -2.22. The number of imidazole rings is 1. The van der Waals surface area contributed by atoms with Crippen LogP contribution in [0.5, 0.6) is 0 Å². The number of hydrogen-bond acceptors (Lipinski definition) is 5. The number of rotatable bonds is 5. The maximum Gasteiger partial charge on any atom is 0.417 e. The fourth-order valence-electron chi connectivity index (χ4n) is 4.33. The highest BCUT2D eigenvalue weighted by Gasteiger charge is 2.33. The van der Waals surface area contributed by atoms with Crippen molar-refractivity contribution in [2.24, 2.45) is 4.99 Å². The minimum atomic E-state index is -4.50. The van der Waals surface area contributed by atoms with Crippen LogP contribution in [0.1, 0.15) is 36.5 Å². The Kier molecular flexibility index (Phi) is 7.87. The van der Waals surface area contributed by atoms with Crippen molar-refractivity contribution in [2.75, 3.05) is 16.0 Å². The molecule has 1 N–H and O–H groups in total. The van der Waals surface area contributed by atoms with E-state index in [2.05, 4.69) is 20.3 Å². The number of aliphatic imine (C=N–C) groups is 1. The predicted molar refractivity (Wildman–Crippen MR) is 153 cm³/mol. The summed E-state index contributed by atoms with van der Waals surface area (Å²) >= 11 is 1.13. The number of thioether (sulfide) groups is 1. The maximum atomic E-state index is 15.0. The van der Waals surface area contributed by atoms with Crippen molar-refractivity contribution < 1.29 is 27.2 Å². The number of carbonyl (C=O) groups excluding carboxylic acids is 2. The number of nitrogens with one attached hydrogen (secondary N) is 1. The van der Waals surface area contributed by atoms with Crippen molar-refractivity contribution >= 4 is 40.2 Å². The molecule has 4 aromatic rings. The highest BCUT2D eigenvalue weighted by molar-refractivity contribution is 8.15. The lowest BCUT2D eigenvalue weighted by atomic mass is 9.99. The summed E-state index contributed by atoms with van der Waals surface area (Å²) in [7, 11) is 0. The number of amides is 3. The summed E-state index contributed by atoms with van der Waals surface area (Å²) in [6.45, 7) is 5.93. The number of amidine groups is 1. The van der Waals surface area contributed by atoms with Gasteiger partial charge in [0.25, 0.3) is 0 Å². The molecule has 8 nitrogen and oxygen atoms in total. The van der Waals surface area contributed by atoms with E-state index in [1.54, 1.807) is 0 Å². The van der Waals surface area contributed by atoms with Gasteiger partial charge in [0.05, 0.1) is 28.4 Å². The van der Waals surface area contributed by atoms with Crippen molar-refractivity contribution in [1.82, 2.24) is 14.5 Å². The van der Waals surface area contributed by atoms with Crippen LogP contribution in [0.15, 0.2) is 72.2 Å². The molecule has 13 heteroatoms. The van der Waals surface area contributed by atoms with E-state index in [1.807, 2.05) is 39.0 Å². The summed E-state index contributed by atoms with van der Waals surface area (Å²) in [6, 6.07) is 11.1. The Morgan fingerprint density at radius 1 is 1.10 bits per heavy atom. The molecule has 1 aliphatic heterocycles. The number of alkyl halides is 3. The number of hydrogen-bond donors (Lipinski definition) is 1. The van der Waals surface area contributed by atoms with Gasteiger partial charge in [-0.3, -0.25) is 14.3 Å². The summed E-state index contributed by atoms with van der Waals surface area (Å²) in [5.41, 5.74) is 2.24. The molecule has 3 amide bonds. The Morgan fingerprint density at radius 2 is 1.88 bits per heavy atom. The van der Waals surface area contributed by atoms with E-state index in [4.69, 9.17) is 0 Å². The van der Waals surface area contributed by atoms with Gasteiger partial charge in [-0.1, -0.05) is 43.8 Å². The standard InChI is InChI=1S/C29H24F4N6O2S/c1-16(2)20-7-4-17(3)10-24(20)39-26(40)14-42-28(39)37-27(41)36-22-8-5-18(11-21(22)30)23-13-38(15-35-23)25-9-6-19(12-34-25)29(31,32)33/h4-13,15-16H,14H2,1-3H3,(H,36,41)/b37-28-. The fourth-order valence-corrected chi connectivity index (χ4v) is 5.19. The van der Waals surface area contributed by atoms with Crippen LogP contribution in [0, 0.1) is 12.7 Å². The molecule has 2 aromatic heterocycles. The molecule has 42 heavy (non-hydrogen) atoms. The zero-order valence-electron chi connectivity index (χ0n) is 22.6. The number of aromatic nitrogens is 3. The van der Waals surface area contributed by atoms with Gasteiger partial charge in [0.2, 0.25) is 5.91 Å². The van der Waals surface area contributed by atoms with Crippen LogP contribution in [0.3, 0.4) is 0 Å². The molecule has 0 radical (unpaired) electrons. The first-order chi connectivity index (χ1) is 19.9. The van der Waals surface area contributed by atoms with Gasteiger partial charge >= 0.3 is 12.2 Å². The summed E-state index contributed by atoms with van der Waals surface area (Å²) in [6.07, 6.45) is -0.940. The van der Waals surface area contributed by atoms with Gasteiger partial charge in [0, 0.05) is 18.0 Å². The van der Waals surface area contributed by atoms with Crippen molar-refractivity contribution in [3.63, 3.8) is 0 Å². The number of nitrogens with zero attached hydrogens (tertiary/aromatic N) is 5. The molecule has 0 aliphatic carbocycles. The average molecular weight is 597 g/mol. The van der Waals surface area contributed by atoms with Crippen molar-refractivity contribution in [3.8, 4) is 17.1 Å². The first-order valence-corrected chi connectivity index (χ1v) is 13.7. The molecule has 0 spiro atoms. The molecular weight excluding hydrogens is 572 g/mol. The van der Waals surface area contributed by atoms with Crippen LogP contribution in [-0.4, -0.2) is 37.4 Å². The van der Waals surface area contributed by atoms with E-state index in [-0.39, 0.29) is 34.3 Å². The Morgan fingerprint density at radius 3 is 2.55 bits per heavy atom. The van der Waals surface area contributed by atoms with E-state index < -0.39 is 23.6 Å². The molecule has 3 heterocycles. The summed E-state index contributed by atoms with van der Waals surface area (Å²) in [5.74, 6) is -0.514. The van der Waals surface area contributed by atoms with Gasteiger partial charge < -0.3 is 5.32 Å². The van der Waals surface area contributed by atoms with Crippen LogP contribution < -0.4 is 10.2 Å². The van der Waals surface area contributed by atoms with Crippen LogP contribution in [0.2, 0.25) is 0 Å². The lowest BCUT2D eigenvalue weighted by Crippen LogP contribution is -2.31. The molecule has 2 aromatic carbocycles. The van der Waals surface area contributed by atoms with E-state index in [0.717, 1.165) is 41.2 Å². The average Bonchev–Trinajstić information content (AvgIpc) is 3.56. The van der Waals surface area contributed by atoms with Crippen molar-refractivity contribution in [3.05, 3.63) is 89.8 Å². The fraction of sp³-hybridized carbons (Fsp3) is 0.207. The van der Waals surface area contributed by atoms with Gasteiger partial charge in [-0.05, 0) is 54.3 Å². The highest BCUT2D eigenvalue weighted by Crippen LogP contribution is 2.34. The van der Waals surface area contributed by atoms with Crippen LogP contribution in [-0.2, 0) is 11.0 Å². The third-order valence-electron chi connectivity index (χ3n) is 6.44. The van der Waals surface area contributed by atoms with Crippen molar-refractivity contribution in [1.29, 1.82) is 0 Å². The smallest absolute Gasteiger partial charge is 0.303 e. The van der Waals surface area contributed by atoms with Gasteiger partial charge in [-0.25, -0.2) is 19.2 Å². The molecule has 1 saturated heterocycles. The summed E-state index contributed by atoms with van der Waals surface area (Å²) in [5, 5.41) is 2.62. The van der Waals surface area contributed by atoms with Gasteiger partial charge in [0.15, 0.2) is 5.17 Å². The first-order valence-electron chi connectivity index (χ1n) is 12.7. The lowest BCUT2D eigenvalue weighted by molar-refractivity contribution is -0.137. The van der Waals surface area contributed by atoms with E-state index in [0.29, 0.717) is 16.9 Å². The number of urea groups is 1. The second-order valence-corrected chi connectivity index (χ2v) is 10.8. The van der Waals surface area contributed by atoms with Crippen molar-refractivity contribution in [2.45, 2.75) is 32.9 Å². The van der Waals surface area contributed by atoms with Gasteiger partial charge in [0.1, 0.15) is 18.0 Å². The predicted octanol–water partition coefficient (Wildman–Crippen LogP) is 7.19. The number of anilines is 2. The molecule has 0 unspecified atom stereocenters. The van der Waals surface area contributed by atoms with E-state index >= 15 is 0 Å².